The molecule has 1 aromatic carbocycles. The van der Waals surface area contributed by atoms with Gasteiger partial charge in [0, 0.05) is 18.6 Å². The lowest BCUT2D eigenvalue weighted by Gasteiger charge is -2.13. The molecule has 1 atom stereocenters. The second-order valence-electron chi connectivity index (χ2n) is 7.04. The number of nitro groups is 1. The summed E-state index contributed by atoms with van der Waals surface area (Å²) in [6.07, 6.45) is 11.0. The first kappa shape index (κ1) is 23.6. The Morgan fingerprint density at radius 1 is 1.00 bits per heavy atom. The highest BCUT2D eigenvalue weighted by Crippen LogP contribution is 2.17. The fourth-order valence-corrected chi connectivity index (χ4v) is 2.81. The Morgan fingerprint density at radius 3 is 2.07 bits per heavy atom. The molecule has 7 nitrogen and oxygen atoms in total. The summed E-state index contributed by atoms with van der Waals surface area (Å²) in [6.45, 7) is 3.77. The van der Waals surface area contributed by atoms with Gasteiger partial charge in [0.15, 0.2) is 0 Å². The molecule has 0 bridgehead atoms. The summed E-state index contributed by atoms with van der Waals surface area (Å²) in [7, 11) is 0. The average molecular weight is 392 g/mol. The van der Waals surface area contributed by atoms with Crippen LogP contribution in [0.3, 0.4) is 0 Å². The Bertz CT molecular complexity index is 616. The molecule has 1 aromatic rings. The first-order chi connectivity index (χ1) is 13.4. The van der Waals surface area contributed by atoms with Crippen molar-refractivity contribution in [3.63, 3.8) is 0 Å². The molecule has 0 saturated heterocycles. The van der Waals surface area contributed by atoms with Gasteiger partial charge in [-0.1, -0.05) is 58.3 Å². The van der Waals surface area contributed by atoms with Crippen LogP contribution < -0.4 is 10.1 Å². The first-order valence-corrected chi connectivity index (χ1v) is 10.2. The number of hydrogen-bond donors (Lipinski definition) is 1. The maximum absolute atomic E-state index is 12.0. The van der Waals surface area contributed by atoms with Crippen LogP contribution in [0.1, 0.15) is 78.1 Å². The van der Waals surface area contributed by atoms with Gasteiger partial charge >= 0.3 is 5.97 Å². The zero-order valence-electron chi connectivity index (χ0n) is 16.9. The lowest BCUT2D eigenvalue weighted by atomic mass is 10.1. The van der Waals surface area contributed by atoms with Crippen molar-refractivity contribution in [3.8, 4) is 5.75 Å². The molecular formula is C21H32N2O5. The molecule has 0 aliphatic carbocycles. The maximum Gasteiger partial charge on any atom is 0.333 e. The number of carbonyl (C=O) groups excluding carboxylic acids is 2. The molecule has 28 heavy (non-hydrogen) atoms. The molecule has 0 aliphatic heterocycles. The Kier molecular flexibility index (Phi) is 11.5. The van der Waals surface area contributed by atoms with E-state index < -0.39 is 16.9 Å². The lowest BCUT2D eigenvalue weighted by Crippen LogP contribution is -2.40. The van der Waals surface area contributed by atoms with Crippen molar-refractivity contribution in [1.29, 1.82) is 0 Å². The minimum absolute atomic E-state index is 0.0814. The molecule has 0 aromatic heterocycles. The van der Waals surface area contributed by atoms with Crippen LogP contribution in [0.4, 0.5) is 5.69 Å². The molecule has 0 saturated carbocycles. The number of benzene rings is 1. The van der Waals surface area contributed by atoms with E-state index in [1.54, 1.807) is 6.92 Å². The molecule has 156 valence electrons. The van der Waals surface area contributed by atoms with E-state index in [1.807, 2.05) is 0 Å². The van der Waals surface area contributed by atoms with Crippen LogP contribution in [0.2, 0.25) is 0 Å². The zero-order valence-corrected chi connectivity index (χ0v) is 16.9. The quantitative estimate of drug-likeness (QED) is 0.159. The largest absolute Gasteiger partial charge is 0.425 e. The SMILES string of the molecule is CCCCCCCCCCCC(=O)N[C@@H](C)C(=O)Oc1ccc([N+](=O)[O-])cc1. The third-order valence-electron chi connectivity index (χ3n) is 4.50. The van der Waals surface area contributed by atoms with E-state index in [-0.39, 0.29) is 17.3 Å². The Hall–Kier alpha value is -2.44. The normalized spacial score (nSPS) is 11.6. The van der Waals surface area contributed by atoms with E-state index in [4.69, 9.17) is 4.74 Å². The fraction of sp³-hybridized carbons (Fsp3) is 0.619. The minimum Gasteiger partial charge on any atom is -0.425 e. The van der Waals surface area contributed by atoms with E-state index in [1.165, 1.54) is 62.8 Å². The number of nitro benzene ring substituents is 1. The lowest BCUT2D eigenvalue weighted by molar-refractivity contribution is -0.384. The molecule has 1 N–H and O–H groups in total. The fourth-order valence-electron chi connectivity index (χ4n) is 2.81. The number of carbonyl (C=O) groups is 2. The second-order valence-corrected chi connectivity index (χ2v) is 7.04. The summed E-state index contributed by atoms with van der Waals surface area (Å²) in [6, 6.07) is 4.45. The van der Waals surface area contributed by atoms with Crippen LogP contribution in [0.5, 0.6) is 5.75 Å². The molecule has 1 rings (SSSR count). The number of unbranched alkanes of at least 4 members (excludes halogenated alkanes) is 8. The third-order valence-corrected chi connectivity index (χ3v) is 4.50. The van der Waals surface area contributed by atoms with Crippen molar-refractivity contribution in [2.45, 2.75) is 84.1 Å². The van der Waals surface area contributed by atoms with Crippen LogP contribution in [-0.2, 0) is 9.59 Å². The predicted molar refractivity (Wildman–Crippen MR) is 108 cm³/mol. The molecular weight excluding hydrogens is 360 g/mol. The van der Waals surface area contributed by atoms with Crippen molar-refractivity contribution in [2.24, 2.45) is 0 Å². The van der Waals surface area contributed by atoms with Gasteiger partial charge in [-0.2, -0.15) is 0 Å². The molecule has 0 heterocycles. The van der Waals surface area contributed by atoms with E-state index in [0.717, 1.165) is 19.3 Å². The number of ether oxygens (including phenoxy) is 1. The zero-order chi connectivity index (χ0) is 20.8. The Balaban J connectivity index is 2.17. The third kappa shape index (κ3) is 10.0. The first-order valence-electron chi connectivity index (χ1n) is 10.2. The number of rotatable bonds is 14. The van der Waals surface area contributed by atoms with Crippen molar-refractivity contribution in [1.82, 2.24) is 5.32 Å². The summed E-state index contributed by atoms with van der Waals surface area (Å²) in [5.74, 6) is -0.569. The van der Waals surface area contributed by atoms with E-state index in [0.29, 0.717) is 6.42 Å². The van der Waals surface area contributed by atoms with Crippen molar-refractivity contribution >= 4 is 17.6 Å². The number of nitrogens with zero attached hydrogens (tertiary/aromatic N) is 1. The number of nitrogens with one attached hydrogen (secondary N) is 1. The molecule has 7 heteroatoms. The van der Waals surface area contributed by atoms with Gasteiger partial charge < -0.3 is 10.1 Å². The van der Waals surface area contributed by atoms with Gasteiger partial charge in [-0.25, -0.2) is 4.79 Å². The molecule has 0 aliphatic rings. The number of esters is 1. The van der Waals surface area contributed by atoms with Crippen molar-refractivity contribution in [3.05, 3.63) is 34.4 Å². The average Bonchev–Trinajstić information content (AvgIpc) is 2.67. The van der Waals surface area contributed by atoms with Crippen LogP contribution in [0, 0.1) is 10.1 Å². The van der Waals surface area contributed by atoms with Crippen LogP contribution >= 0.6 is 0 Å². The summed E-state index contributed by atoms with van der Waals surface area (Å²) in [4.78, 5) is 34.0. The van der Waals surface area contributed by atoms with Crippen LogP contribution in [0.15, 0.2) is 24.3 Å². The van der Waals surface area contributed by atoms with Gasteiger partial charge in [0.2, 0.25) is 5.91 Å². The summed E-state index contributed by atoms with van der Waals surface area (Å²) in [5, 5.41) is 13.2. The second kappa shape index (κ2) is 13.7. The number of non-ortho nitro benzene ring substituents is 1. The van der Waals surface area contributed by atoms with Gasteiger partial charge in [-0.15, -0.1) is 0 Å². The summed E-state index contributed by atoms with van der Waals surface area (Å²) in [5.41, 5.74) is -0.0814. The standard InChI is InChI=1S/C21H32N2O5/c1-3-4-5-6-7-8-9-10-11-12-20(24)22-17(2)21(25)28-19-15-13-18(14-16-19)23(26)27/h13-17H,3-12H2,1-2H3,(H,22,24)/t17-/m0/s1. The number of hydrogen-bond acceptors (Lipinski definition) is 5. The highest BCUT2D eigenvalue weighted by molar-refractivity contribution is 5.85. The van der Waals surface area contributed by atoms with Gasteiger partial charge in [-0.05, 0) is 25.5 Å². The molecule has 0 radical (unpaired) electrons. The highest BCUT2D eigenvalue weighted by Gasteiger charge is 2.18. The van der Waals surface area contributed by atoms with Gasteiger partial charge in [0.05, 0.1) is 4.92 Å². The Labute approximate surface area is 167 Å². The summed E-state index contributed by atoms with van der Waals surface area (Å²) >= 11 is 0. The van der Waals surface area contributed by atoms with Crippen LogP contribution in [0.25, 0.3) is 0 Å². The van der Waals surface area contributed by atoms with Crippen molar-refractivity contribution < 1.29 is 19.2 Å². The van der Waals surface area contributed by atoms with E-state index in [2.05, 4.69) is 12.2 Å². The predicted octanol–water partition coefficient (Wildman–Crippen LogP) is 4.93. The van der Waals surface area contributed by atoms with Gasteiger partial charge in [-0.3, -0.25) is 14.9 Å². The summed E-state index contributed by atoms with van der Waals surface area (Å²) < 4.78 is 5.13. The molecule has 0 spiro atoms. The molecule has 0 fully saturated rings. The smallest absolute Gasteiger partial charge is 0.333 e. The Morgan fingerprint density at radius 2 is 1.54 bits per heavy atom. The van der Waals surface area contributed by atoms with E-state index in [9.17, 15) is 19.7 Å². The van der Waals surface area contributed by atoms with Crippen molar-refractivity contribution in [2.75, 3.05) is 0 Å². The van der Waals surface area contributed by atoms with Gasteiger partial charge in [0.1, 0.15) is 11.8 Å². The van der Waals surface area contributed by atoms with Crippen LogP contribution in [-0.4, -0.2) is 22.8 Å². The number of amides is 1. The topological polar surface area (TPSA) is 98.5 Å². The maximum atomic E-state index is 12.0. The minimum atomic E-state index is -0.777. The van der Waals surface area contributed by atoms with Gasteiger partial charge in [0.25, 0.3) is 5.69 Å². The highest BCUT2D eigenvalue weighted by atomic mass is 16.6. The molecule has 0 unspecified atom stereocenters. The van der Waals surface area contributed by atoms with E-state index >= 15 is 0 Å². The molecule has 1 amide bonds. The monoisotopic (exact) mass is 392 g/mol.